The van der Waals surface area contributed by atoms with Crippen LogP contribution in [0.2, 0.25) is 0 Å². The molecule has 67 heavy (non-hydrogen) atoms. The van der Waals surface area contributed by atoms with Crippen molar-refractivity contribution in [3.63, 3.8) is 0 Å². The van der Waals surface area contributed by atoms with E-state index < -0.39 is 131 Å². The van der Waals surface area contributed by atoms with Gasteiger partial charge in [-0.3, -0.25) is 0 Å². The molecule has 0 radical (unpaired) electrons. The number of rotatable bonds is 15. The van der Waals surface area contributed by atoms with E-state index in [1.54, 1.807) is 0 Å². The highest BCUT2D eigenvalue weighted by molar-refractivity contribution is 6.93. The fraction of sp³-hybridized carbons (Fsp3) is 1.00. The Labute approximate surface area is 333 Å². The number of hydrogen-bond donors (Lipinski definition) is 0. The Morgan fingerprint density at radius 1 is 0.179 bits per heavy atom. The number of halogens is 44. The Hall–Kier alpha value is -2.51. The SMILES string of the molecule is FC(F)(F)C(F)(F)C(F)(F)C(F)(F)C(F)(F)C(F)(F)[Si](F)(O[Si](C(F)(F)C(F)(F)F)(C(F)(F)C(F)(F)F)C(F)(F)C(F)(F)F)O[Si](C(F)(F)C(F)(F)F)(C(F)(F)C(F)(F)F)C(F)(F)C(F)(F)F. The fourth-order valence-corrected chi connectivity index (χ4v) is 17.4. The molecule has 0 bridgehead atoms. The van der Waals surface area contributed by atoms with Gasteiger partial charge in [0.1, 0.15) is 0 Å². The van der Waals surface area contributed by atoms with Gasteiger partial charge >= 0.3 is 131 Å². The summed E-state index contributed by atoms with van der Waals surface area (Å²) in [5, 5.41) is 0. The molecule has 0 N–H and O–H groups in total. The summed E-state index contributed by atoms with van der Waals surface area (Å²) in [7, 11) is -43.0. The van der Waals surface area contributed by atoms with Crippen molar-refractivity contribution in [1.29, 1.82) is 0 Å². The number of hydrogen-bond acceptors (Lipinski definition) is 2. The maximum Gasteiger partial charge on any atom is 0.600 e. The molecule has 0 spiro atoms. The van der Waals surface area contributed by atoms with Crippen LogP contribution in [0.15, 0.2) is 0 Å². The molecule has 0 atom stereocenters. The molecular weight excluding hydrogens is 1170 g/mol. The molecule has 0 heterocycles. The molecule has 0 aromatic rings. The topological polar surface area (TPSA) is 18.5 Å². The Morgan fingerprint density at radius 3 is 0.463 bits per heavy atom. The van der Waals surface area contributed by atoms with Crippen molar-refractivity contribution in [1.82, 2.24) is 0 Å². The molecule has 49 heteroatoms. The Balaban J connectivity index is 11.0. The van der Waals surface area contributed by atoms with E-state index in [1.807, 2.05) is 0 Å². The molecule has 0 fully saturated rings. The van der Waals surface area contributed by atoms with Crippen molar-refractivity contribution in [2.75, 3.05) is 0 Å². The van der Waals surface area contributed by atoms with Crippen LogP contribution in [0.5, 0.6) is 0 Å². The highest BCUT2D eigenvalue weighted by Gasteiger charge is 3.08. The highest BCUT2D eigenvalue weighted by atomic mass is 28.5. The zero-order valence-electron chi connectivity index (χ0n) is 27.9. The second-order valence-electron chi connectivity index (χ2n) is 11.9. The summed E-state index contributed by atoms with van der Waals surface area (Å²) in [5.74, 6) is -41.9. The smallest absolute Gasteiger partial charge is 0.395 e. The minimum Gasteiger partial charge on any atom is -0.395 e. The monoisotopic (exact) mass is 1170 g/mol. The Bertz CT molecular complexity index is 1540. The van der Waals surface area contributed by atoms with Crippen LogP contribution in [0, 0.1) is 0 Å². The van der Waals surface area contributed by atoms with Crippen LogP contribution in [0.1, 0.15) is 0 Å². The van der Waals surface area contributed by atoms with E-state index in [0.29, 0.717) is 0 Å². The molecule has 0 unspecified atom stereocenters. The average Bonchev–Trinajstić information content (AvgIpc) is 3.01. The van der Waals surface area contributed by atoms with Gasteiger partial charge in [-0.2, -0.15) is 189 Å². The van der Waals surface area contributed by atoms with E-state index in [1.165, 1.54) is 0 Å². The van der Waals surface area contributed by atoms with Gasteiger partial charge in [0.2, 0.25) is 0 Å². The Kier molecular flexibility index (Phi) is 15.2. The molecule has 0 aliphatic carbocycles. The summed E-state index contributed by atoms with van der Waals surface area (Å²) in [4.78, 5) is 0. The van der Waals surface area contributed by atoms with Crippen LogP contribution in [0.25, 0.3) is 0 Å². The van der Waals surface area contributed by atoms with Gasteiger partial charge in [-0.25, -0.2) is 4.11 Å². The van der Waals surface area contributed by atoms with Crippen molar-refractivity contribution in [2.45, 2.75) is 106 Å². The van der Waals surface area contributed by atoms with Crippen molar-refractivity contribution in [2.24, 2.45) is 0 Å². The molecule has 0 aliphatic rings. The maximum atomic E-state index is 16.4. The lowest BCUT2D eigenvalue weighted by Crippen LogP contribution is -2.92. The van der Waals surface area contributed by atoms with Gasteiger partial charge in [0.15, 0.2) is 0 Å². The van der Waals surface area contributed by atoms with E-state index >= 15 is 12.9 Å². The highest BCUT2D eigenvalue weighted by Crippen LogP contribution is 2.69. The average molecular weight is 1170 g/mol. The number of alkyl halides is 43. The lowest BCUT2D eigenvalue weighted by Gasteiger charge is -2.53. The quantitative estimate of drug-likeness (QED) is 0.0924. The maximum absolute atomic E-state index is 16.4. The minimum absolute atomic E-state index is 0.284. The van der Waals surface area contributed by atoms with Crippen molar-refractivity contribution in [3.05, 3.63) is 0 Å². The van der Waals surface area contributed by atoms with Gasteiger partial charge in [-0.1, -0.05) is 0 Å². The standard InChI is InChI=1S/C18F44O2Si3/c19-1(20,3(23,24)5(27,28)29)2(21,22)4(25,26)12(48,49)67(62,63-65(13(50,51)6(30,31)32,14(52,53)7(33,34)35)15(54,55)8(36,37)38)64-66(16(56,57)9(39,40)41,17(58,59)10(42,43)44)18(60,61)11(45,46)47. The van der Waals surface area contributed by atoms with Gasteiger partial charge in [-0.05, 0) is 0 Å². The van der Waals surface area contributed by atoms with Gasteiger partial charge in [0.25, 0.3) is 0 Å². The molecule has 0 aliphatic heterocycles. The van der Waals surface area contributed by atoms with Crippen LogP contribution in [0.4, 0.5) is 193 Å². The molecule has 0 saturated heterocycles. The largest absolute Gasteiger partial charge is 0.600 e. The van der Waals surface area contributed by atoms with Crippen molar-refractivity contribution in [3.8, 4) is 0 Å². The predicted octanol–water partition coefficient (Wildman–Crippen LogP) is 13.5. The summed E-state index contributed by atoms with van der Waals surface area (Å²) in [6.45, 7) is 0. The van der Waals surface area contributed by atoms with Crippen molar-refractivity contribution < 1.29 is 201 Å². The van der Waals surface area contributed by atoms with E-state index in [0.717, 1.165) is 0 Å². The summed E-state index contributed by atoms with van der Waals surface area (Å²) in [6, 6.07) is 0. The molecule has 2 nitrogen and oxygen atoms in total. The van der Waals surface area contributed by atoms with E-state index in [9.17, 15) is 180 Å². The van der Waals surface area contributed by atoms with Crippen LogP contribution < -0.4 is 0 Å². The zero-order chi connectivity index (χ0) is 55.9. The fourth-order valence-electron chi connectivity index (χ4n) is 4.27. The first-order chi connectivity index (χ1) is 27.9. The van der Waals surface area contributed by atoms with E-state index in [4.69, 9.17) is 0 Å². The van der Waals surface area contributed by atoms with E-state index in [2.05, 4.69) is 0 Å². The third-order valence-electron chi connectivity index (χ3n) is 7.67. The molecule has 0 saturated carbocycles. The van der Waals surface area contributed by atoms with Crippen LogP contribution in [0.3, 0.4) is 0 Å². The third-order valence-corrected chi connectivity index (χ3v) is 20.3. The normalized spacial score (nSPS) is 17.4. The van der Waals surface area contributed by atoms with Crippen LogP contribution in [-0.2, 0) is 8.23 Å². The summed E-state index contributed by atoms with van der Waals surface area (Å²) < 4.78 is 614. The van der Waals surface area contributed by atoms with E-state index in [-0.39, 0.29) is 8.23 Å². The summed E-state index contributed by atoms with van der Waals surface area (Å²) in [5.41, 5.74) is -76.5. The first-order valence-corrected chi connectivity index (χ1v) is 19.1. The second kappa shape index (κ2) is 15.7. The predicted molar refractivity (Wildman–Crippen MR) is 117 cm³/mol. The molecule has 0 aromatic carbocycles. The van der Waals surface area contributed by atoms with Gasteiger partial charge in [0.05, 0.1) is 0 Å². The van der Waals surface area contributed by atoms with Crippen LogP contribution in [-0.4, -0.2) is 131 Å². The molecule has 404 valence electrons. The third kappa shape index (κ3) is 8.16. The first-order valence-electron chi connectivity index (χ1n) is 13.6. The van der Waals surface area contributed by atoms with Crippen molar-refractivity contribution >= 4 is 25.5 Å². The van der Waals surface area contributed by atoms with Crippen LogP contribution >= 0.6 is 0 Å². The summed E-state index contributed by atoms with van der Waals surface area (Å²) >= 11 is 0. The summed E-state index contributed by atoms with van der Waals surface area (Å²) in [6.07, 6.45) is -68.8. The molecule has 0 amide bonds. The molecule has 0 rings (SSSR count). The first kappa shape index (κ1) is 64.5. The molecule has 0 aromatic heterocycles. The van der Waals surface area contributed by atoms with Gasteiger partial charge < -0.3 is 8.23 Å². The van der Waals surface area contributed by atoms with Gasteiger partial charge in [-0.15, -0.1) is 0 Å². The lowest BCUT2D eigenvalue weighted by molar-refractivity contribution is -0.436. The molecular formula is C18F44O2Si3. The zero-order valence-corrected chi connectivity index (χ0v) is 30.9. The lowest BCUT2D eigenvalue weighted by atomic mass is 9.98. The Morgan fingerprint density at radius 2 is 0.328 bits per heavy atom. The van der Waals surface area contributed by atoms with Gasteiger partial charge in [0, 0.05) is 0 Å². The second-order valence-corrected chi connectivity index (χ2v) is 21.7. The minimum atomic E-state index is -14.5.